The van der Waals surface area contributed by atoms with Crippen molar-refractivity contribution in [1.82, 2.24) is 9.78 Å². The molecule has 0 spiro atoms. The molecule has 0 aliphatic carbocycles. The second kappa shape index (κ2) is 3.77. The van der Waals surface area contributed by atoms with Gasteiger partial charge in [-0.15, -0.1) is 0 Å². The normalized spacial score (nSPS) is 10.9. The Bertz CT molecular complexity index is 446. The third kappa shape index (κ3) is 1.73. The van der Waals surface area contributed by atoms with Gasteiger partial charge in [-0.05, 0) is 13.8 Å². The molecule has 78 valence electrons. The molecule has 0 saturated carbocycles. The first-order valence-corrected chi connectivity index (χ1v) is 5.02. The average molecular weight is 202 g/mol. The fourth-order valence-electron chi connectivity index (χ4n) is 1.62. The van der Waals surface area contributed by atoms with Gasteiger partial charge in [0, 0.05) is 11.6 Å². The molecule has 1 aromatic heterocycles. The molecule has 3 heteroatoms. The third-order valence-corrected chi connectivity index (χ3v) is 2.31. The van der Waals surface area contributed by atoms with Crippen molar-refractivity contribution in [1.29, 1.82) is 0 Å². The predicted molar refractivity (Wildman–Crippen MR) is 59.7 cm³/mol. The van der Waals surface area contributed by atoms with E-state index in [1.165, 1.54) is 6.20 Å². The Labute approximate surface area is 89.0 Å². The average Bonchev–Trinajstić information content (AvgIpc) is 2.61. The summed E-state index contributed by atoms with van der Waals surface area (Å²) in [6.07, 6.45) is 1.49. The molecule has 2 rings (SSSR count). The first kappa shape index (κ1) is 9.77. The zero-order chi connectivity index (χ0) is 10.8. The first-order valence-electron chi connectivity index (χ1n) is 5.02. The topological polar surface area (TPSA) is 38.0 Å². The minimum atomic E-state index is 0.231. The molecule has 0 radical (unpaired) electrons. The molecule has 15 heavy (non-hydrogen) atoms. The van der Waals surface area contributed by atoms with Gasteiger partial charge in [-0.2, -0.15) is 5.10 Å². The van der Waals surface area contributed by atoms with Crippen molar-refractivity contribution in [3.05, 3.63) is 36.5 Å². The first-order chi connectivity index (χ1) is 7.20. The third-order valence-electron chi connectivity index (χ3n) is 2.31. The summed E-state index contributed by atoms with van der Waals surface area (Å²) in [4.78, 5) is 0. The van der Waals surface area contributed by atoms with Gasteiger partial charge in [0.15, 0.2) is 5.75 Å². The minimum Gasteiger partial charge on any atom is -0.504 e. The van der Waals surface area contributed by atoms with Crippen molar-refractivity contribution >= 4 is 0 Å². The summed E-state index contributed by atoms with van der Waals surface area (Å²) < 4.78 is 1.82. The van der Waals surface area contributed by atoms with Gasteiger partial charge in [0.25, 0.3) is 0 Å². The maximum atomic E-state index is 9.75. The molecule has 0 atom stereocenters. The molecule has 0 aliphatic rings. The number of benzene rings is 1. The zero-order valence-corrected chi connectivity index (χ0v) is 8.88. The standard InChI is InChI=1S/C12H14N2O/c1-9(2)14-12(11(15)8-13-14)10-6-4-3-5-7-10/h3-9,15H,1-2H3. The van der Waals surface area contributed by atoms with Crippen molar-refractivity contribution in [3.63, 3.8) is 0 Å². The van der Waals surface area contributed by atoms with Gasteiger partial charge in [-0.3, -0.25) is 4.68 Å². The van der Waals surface area contributed by atoms with Crippen LogP contribution in [0.1, 0.15) is 19.9 Å². The molecule has 0 unspecified atom stereocenters. The van der Waals surface area contributed by atoms with Gasteiger partial charge in [0.1, 0.15) is 5.69 Å². The van der Waals surface area contributed by atoms with E-state index >= 15 is 0 Å². The van der Waals surface area contributed by atoms with E-state index in [2.05, 4.69) is 5.10 Å². The fraction of sp³-hybridized carbons (Fsp3) is 0.250. The molecule has 0 aliphatic heterocycles. The molecule has 1 heterocycles. The van der Waals surface area contributed by atoms with Crippen LogP contribution >= 0.6 is 0 Å². The molecular weight excluding hydrogens is 188 g/mol. The Hall–Kier alpha value is -1.77. The van der Waals surface area contributed by atoms with Crippen LogP contribution in [0.15, 0.2) is 36.5 Å². The van der Waals surface area contributed by atoms with Crippen LogP contribution in [0.2, 0.25) is 0 Å². The quantitative estimate of drug-likeness (QED) is 0.813. The number of hydrogen-bond acceptors (Lipinski definition) is 2. The van der Waals surface area contributed by atoms with E-state index < -0.39 is 0 Å². The van der Waals surface area contributed by atoms with Gasteiger partial charge < -0.3 is 5.11 Å². The molecular formula is C12H14N2O. The molecule has 2 aromatic rings. The van der Waals surface area contributed by atoms with E-state index in [-0.39, 0.29) is 11.8 Å². The highest BCUT2D eigenvalue weighted by atomic mass is 16.3. The van der Waals surface area contributed by atoms with Crippen LogP contribution in [0.5, 0.6) is 5.75 Å². The molecule has 1 N–H and O–H groups in total. The fourth-order valence-corrected chi connectivity index (χ4v) is 1.62. The van der Waals surface area contributed by atoms with E-state index in [1.54, 1.807) is 0 Å². The Kier molecular flexibility index (Phi) is 2.46. The molecule has 1 aromatic carbocycles. The molecule has 0 saturated heterocycles. The number of aromatic hydroxyl groups is 1. The molecule has 0 bridgehead atoms. The second-order valence-corrected chi connectivity index (χ2v) is 3.78. The van der Waals surface area contributed by atoms with Crippen molar-refractivity contribution in [2.75, 3.05) is 0 Å². The van der Waals surface area contributed by atoms with Crippen molar-refractivity contribution in [3.8, 4) is 17.0 Å². The van der Waals surface area contributed by atoms with E-state index in [0.29, 0.717) is 0 Å². The lowest BCUT2D eigenvalue weighted by Gasteiger charge is -2.10. The predicted octanol–water partition coefficient (Wildman–Crippen LogP) is 2.84. The Morgan fingerprint density at radius 2 is 1.87 bits per heavy atom. The summed E-state index contributed by atoms with van der Waals surface area (Å²) in [5, 5.41) is 13.9. The molecule has 3 nitrogen and oxygen atoms in total. The maximum Gasteiger partial charge on any atom is 0.161 e. The van der Waals surface area contributed by atoms with Crippen molar-refractivity contribution in [2.24, 2.45) is 0 Å². The van der Waals surface area contributed by atoms with Crippen molar-refractivity contribution < 1.29 is 5.11 Å². The van der Waals surface area contributed by atoms with Gasteiger partial charge >= 0.3 is 0 Å². The number of nitrogens with zero attached hydrogens (tertiary/aromatic N) is 2. The van der Waals surface area contributed by atoms with Gasteiger partial charge in [0.05, 0.1) is 6.20 Å². The van der Waals surface area contributed by atoms with E-state index in [1.807, 2.05) is 48.9 Å². The Morgan fingerprint density at radius 1 is 1.20 bits per heavy atom. The summed E-state index contributed by atoms with van der Waals surface area (Å²) in [6, 6.07) is 10.0. The maximum absolute atomic E-state index is 9.75. The van der Waals surface area contributed by atoms with Crippen LogP contribution in [0.3, 0.4) is 0 Å². The summed E-state index contributed by atoms with van der Waals surface area (Å²) >= 11 is 0. The van der Waals surface area contributed by atoms with Crippen LogP contribution in [0.4, 0.5) is 0 Å². The largest absolute Gasteiger partial charge is 0.504 e. The number of rotatable bonds is 2. The number of aromatic nitrogens is 2. The Morgan fingerprint density at radius 3 is 2.47 bits per heavy atom. The van der Waals surface area contributed by atoms with Crippen LogP contribution in [0, 0.1) is 0 Å². The lowest BCUT2D eigenvalue weighted by Crippen LogP contribution is -2.04. The highest BCUT2D eigenvalue weighted by Crippen LogP contribution is 2.30. The van der Waals surface area contributed by atoms with E-state index in [0.717, 1.165) is 11.3 Å². The summed E-state index contributed by atoms with van der Waals surface area (Å²) in [7, 11) is 0. The minimum absolute atomic E-state index is 0.231. The summed E-state index contributed by atoms with van der Waals surface area (Å²) in [5.41, 5.74) is 1.77. The van der Waals surface area contributed by atoms with E-state index in [9.17, 15) is 5.11 Å². The number of hydrogen-bond donors (Lipinski definition) is 1. The smallest absolute Gasteiger partial charge is 0.161 e. The van der Waals surface area contributed by atoms with Crippen LogP contribution in [0.25, 0.3) is 11.3 Å². The highest BCUT2D eigenvalue weighted by molar-refractivity contribution is 5.65. The van der Waals surface area contributed by atoms with E-state index in [4.69, 9.17) is 0 Å². The van der Waals surface area contributed by atoms with Crippen LogP contribution in [-0.4, -0.2) is 14.9 Å². The van der Waals surface area contributed by atoms with Crippen LogP contribution < -0.4 is 0 Å². The van der Waals surface area contributed by atoms with Gasteiger partial charge in [-0.25, -0.2) is 0 Å². The van der Waals surface area contributed by atoms with Gasteiger partial charge in [-0.1, -0.05) is 30.3 Å². The second-order valence-electron chi connectivity index (χ2n) is 3.78. The zero-order valence-electron chi connectivity index (χ0n) is 8.88. The molecule has 0 amide bonds. The summed E-state index contributed by atoms with van der Waals surface area (Å²) in [6.45, 7) is 4.08. The lowest BCUT2D eigenvalue weighted by atomic mass is 10.1. The highest BCUT2D eigenvalue weighted by Gasteiger charge is 2.13. The van der Waals surface area contributed by atoms with Crippen LogP contribution in [-0.2, 0) is 0 Å². The van der Waals surface area contributed by atoms with Crippen molar-refractivity contribution in [2.45, 2.75) is 19.9 Å². The SMILES string of the molecule is CC(C)n1ncc(O)c1-c1ccccc1. The molecule has 0 fully saturated rings. The monoisotopic (exact) mass is 202 g/mol. The summed E-state index contributed by atoms with van der Waals surface area (Å²) in [5.74, 6) is 0.231. The van der Waals surface area contributed by atoms with Gasteiger partial charge in [0.2, 0.25) is 0 Å². The Balaban J connectivity index is 2.57. The lowest BCUT2D eigenvalue weighted by molar-refractivity contribution is 0.473.